The largest absolute Gasteiger partial charge is 0.303 e. The summed E-state index contributed by atoms with van der Waals surface area (Å²) in [5, 5.41) is 3.66. The molecule has 0 fully saturated rings. The Morgan fingerprint density at radius 2 is 1.55 bits per heavy atom. The number of aliphatic imine (C=N–C) groups is 1. The molecule has 1 N–H and O–H groups in total. The van der Waals surface area contributed by atoms with Gasteiger partial charge in [-0.05, 0) is 17.5 Å². The van der Waals surface area contributed by atoms with Crippen LogP contribution >= 0.6 is 11.8 Å². The first-order valence-electron chi connectivity index (χ1n) is 7.42. The molecule has 3 nitrogen and oxygen atoms in total. The third-order valence-corrected chi connectivity index (χ3v) is 4.72. The van der Waals surface area contributed by atoms with Gasteiger partial charge in [0.05, 0.1) is 0 Å². The second-order valence-corrected chi connectivity index (χ2v) is 6.25. The van der Waals surface area contributed by atoms with Crippen LogP contribution in [-0.2, 0) is 10.3 Å². The van der Waals surface area contributed by atoms with E-state index in [-0.39, 0.29) is 5.91 Å². The van der Waals surface area contributed by atoms with E-state index in [4.69, 9.17) is 4.99 Å². The van der Waals surface area contributed by atoms with Crippen LogP contribution in [0.3, 0.4) is 0 Å². The van der Waals surface area contributed by atoms with E-state index in [1.807, 2.05) is 60.7 Å². The maximum atomic E-state index is 12.8. The molecule has 112 valence electrons. The molecule has 0 saturated heterocycles. The van der Waals surface area contributed by atoms with E-state index in [0.717, 1.165) is 23.3 Å². The lowest BCUT2D eigenvalue weighted by Crippen LogP contribution is -2.38. The van der Waals surface area contributed by atoms with Crippen molar-refractivity contribution in [3.8, 4) is 0 Å². The highest BCUT2D eigenvalue weighted by Gasteiger charge is 2.46. The third-order valence-electron chi connectivity index (χ3n) is 3.64. The smallest absolute Gasteiger partial charge is 0.263 e. The van der Waals surface area contributed by atoms with Gasteiger partial charge in [0.2, 0.25) is 0 Å². The van der Waals surface area contributed by atoms with Gasteiger partial charge < -0.3 is 5.32 Å². The minimum Gasteiger partial charge on any atom is -0.303 e. The highest BCUT2D eigenvalue weighted by atomic mass is 32.2. The van der Waals surface area contributed by atoms with Crippen LogP contribution in [0.4, 0.5) is 0 Å². The van der Waals surface area contributed by atoms with Crippen LogP contribution in [0.2, 0.25) is 0 Å². The fourth-order valence-corrected chi connectivity index (χ4v) is 3.37. The van der Waals surface area contributed by atoms with Gasteiger partial charge in [0, 0.05) is 5.75 Å². The molecule has 0 aromatic heterocycles. The average molecular weight is 310 g/mol. The number of amides is 1. The predicted octanol–water partition coefficient (Wildman–Crippen LogP) is 3.56. The lowest BCUT2D eigenvalue weighted by molar-refractivity contribution is -0.122. The molecule has 0 atom stereocenters. The Kier molecular flexibility index (Phi) is 4.29. The standard InChI is InChI=1S/C18H18N2OS/c1-2-13-22-17-19-16(21)18(20-17,14-9-5-3-6-10-14)15-11-7-4-8-12-15/h3-12H,2,13H2,1H3,(H,19,20,21). The summed E-state index contributed by atoms with van der Waals surface area (Å²) in [5.74, 6) is 0.863. The predicted molar refractivity (Wildman–Crippen MR) is 92.0 cm³/mol. The van der Waals surface area contributed by atoms with Crippen LogP contribution in [-0.4, -0.2) is 16.8 Å². The fraction of sp³-hybridized carbons (Fsp3) is 0.222. The summed E-state index contributed by atoms with van der Waals surface area (Å²) in [5.41, 5.74) is 0.815. The highest BCUT2D eigenvalue weighted by Crippen LogP contribution is 2.38. The molecule has 1 heterocycles. The topological polar surface area (TPSA) is 41.5 Å². The molecule has 2 aromatic carbocycles. The first-order chi connectivity index (χ1) is 10.8. The number of hydrogen-bond acceptors (Lipinski definition) is 3. The van der Waals surface area contributed by atoms with E-state index in [9.17, 15) is 4.79 Å². The van der Waals surface area contributed by atoms with Crippen molar-refractivity contribution in [2.75, 3.05) is 5.75 Å². The van der Waals surface area contributed by atoms with Crippen molar-refractivity contribution in [2.24, 2.45) is 4.99 Å². The van der Waals surface area contributed by atoms with Gasteiger partial charge in [0.25, 0.3) is 5.91 Å². The molecule has 1 aliphatic rings. The van der Waals surface area contributed by atoms with E-state index in [2.05, 4.69) is 12.2 Å². The number of carbonyl (C=O) groups is 1. The summed E-state index contributed by atoms with van der Waals surface area (Å²) < 4.78 is 0. The second-order valence-electron chi connectivity index (χ2n) is 5.16. The number of rotatable bonds is 4. The zero-order valence-electron chi connectivity index (χ0n) is 12.5. The van der Waals surface area contributed by atoms with Crippen molar-refractivity contribution in [3.63, 3.8) is 0 Å². The molecule has 0 aliphatic carbocycles. The van der Waals surface area contributed by atoms with Crippen molar-refractivity contribution in [3.05, 3.63) is 71.8 Å². The Hall–Kier alpha value is -2.07. The molecule has 22 heavy (non-hydrogen) atoms. The molecule has 1 amide bonds. The van der Waals surface area contributed by atoms with Gasteiger partial charge in [-0.3, -0.25) is 4.79 Å². The average Bonchev–Trinajstić information content (AvgIpc) is 2.92. The van der Waals surface area contributed by atoms with Gasteiger partial charge in [-0.25, -0.2) is 4.99 Å². The van der Waals surface area contributed by atoms with E-state index >= 15 is 0 Å². The zero-order chi connectivity index (χ0) is 15.4. The van der Waals surface area contributed by atoms with Crippen LogP contribution in [0, 0.1) is 0 Å². The normalized spacial score (nSPS) is 16.2. The maximum absolute atomic E-state index is 12.8. The van der Waals surface area contributed by atoms with Crippen molar-refractivity contribution in [1.82, 2.24) is 5.32 Å². The van der Waals surface area contributed by atoms with Gasteiger partial charge >= 0.3 is 0 Å². The van der Waals surface area contributed by atoms with E-state index < -0.39 is 5.54 Å². The Morgan fingerprint density at radius 3 is 2.05 bits per heavy atom. The third kappa shape index (κ3) is 2.55. The fourth-order valence-electron chi connectivity index (χ4n) is 2.60. The SMILES string of the molecule is CCCSC1=NC(c2ccccc2)(c2ccccc2)C(=O)N1. The molecular formula is C18H18N2OS. The van der Waals surface area contributed by atoms with E-state index in [1.165, 1.54) is 0 Å². The number of amidine groups is 1. The molecule has 0 saturated carbocycles. The molecule has 4 heteroatoms. The molecule has 0 spiro atoms. The molecule has 1 aliphatic heterocycles. The van der Waals surface area contributed by atoms with E-state index in [1.54, 1.807) is 11.8 Å². The van der Waals surface area contributed by atoms with Gasteiger partial charge in [-0.15, -0.1) is 0 Å². The molecule has 3 rings (SSSR count). The lowest BCUT2D eigenvalue weighted by atomic mass is 9.83. The number of carbonyl (C=O) groups excluding carboxylic acids is 1. The van der Waals surface area contributed by atoms with Gasteiger partial charge in [0.1, 0.15) is 0 Å². The quantitative estimate of drug-likeness (QED) is 0.938. The number of hydrogen-bond donors (Lipinski definition) is 1. The Morgan fingerprint density at radius 1 is 1.00 bits per heavy atom. The Bertz CT molecular complexity index is 643. The molecule has 0 unspecified atom stereocenters. The van der Waals surface area contributed by atoms with Crippen LogP contribution in [0.15, 0.2) is 65.7 Å². The summed E-state index contributed by atoms with van der Waals surface area (Å²) >= 11 is 1.60. The van der Waals surface area contributed by atoms with Gasteiger partial charge in [0.15, 0.2) is 10.7 Å². The van der Waals surface area contributed by atoms with Gasteiger partial charge in [-0.2, -0.15) is 0 Å². The Labute approximate surface area is 134 Å². The summed E-state index contributed by atoms with van der Waals surface area (Å²) in [4.78, 5) is 17.6. The minimum atomic E-state index is -0.974. The van der Waals surface area contributed by atoms with Crippen LogP contribution in [0.25, 0.3) is 0 Å². The highest BCUT2D eigenvalue weighted by molar-refractivity contribution is 8.13. The number of nitrogens with one attached hydrogen (secondary N) is 1. The van der Waals surface area contributed by atoms with Crippen molar-refractivity contribution in [2.45, 2.75) is 18.9 Å². The number of thioether (sulfide) groups is 1. The van der Waals surface area contributed by atoms with Crippen molar-refractivity contribution < 1.29 is 4.79 Å². The summed E-state index contributed by atoms with van der Waals surface area (Å²) in [6.07, 6.45) is 1.04. The maximum Gasteiger partial charge on any atom is 0.263 e. The molecule has 2 aromatic rings. The first-order valence-corrected chi connectivity index (χ1v) is 8.41. The van der Waals surface area contributed by atoms with Crippen molar-refractivity contribution in [1.29, 1.82) is 0 Å². The monoisotopic (exact) mass is 310 g/mol. The van der Waals surface area contributed by atoms with Crippen LogP contribution in [0.5, 0.6) is 0 Å². The van der Waals surface area contributed by atoms with E-state index in [0.29, 0.717) is 5.17 Å². The first kappa shape index (κ1) is 14.9. The molecular weight excluding hydrogens is 292 g/mol. The second kappa shape index (κ2) is 6.36. The van der Waals surface area contributed by atoms with Crippen molar-refractivity contribution >= 4 is 22.8 Å². The summed E-state index contributed by atoms with van der Waals surface area (Å²) in [6.45, 7) is 2.12. The number of benzene rings is 2. The Balaban J connectivity index is 2.13. The summed E-state index contributed by atoms with van der Waals surface area (Å²) in [6, 6.07) is 19.5. The zero-order valence-corrected chi connectivity index (χ0v) is 13.3. The van der Waals surface area contributed by atoms with Crippen LogP contribution < -0.4 is 5.32 Å². The van der Waals surface area contributed by atoms with Crippen LogP contribution in [0.1, 0.15) is 24.5 Å². The van der Waals surface area contributed by atoms with Gasteiger partial charge in [-0.1, -0.05) is 79.3 Å². The number of nitrogens with zero attached hydrogens (tertiary/aromatic N) is 1. The minimum absolute atomic E-state index is 0.0801. The summed E-state index contributed by atoms with van der Waals surface area (Å²) in [7, 11) is 0. The molecule has 0 radical (unpaired) electrons. The molecule has 0 bridgehead atoms. The lowest BCUT2D eigenvalue weighted by Gasteiger charge is -2.24.